The lowest BCUT2D eigenvalue weighted by atomic mass is 10.1. The van der Waals surface area contributed by atoms with Crippen molar-refractivity contribution in [1.82, 2.24) is 9.80 Å². The average molecular weight is 553 g/mol. The Kier molecular flexibility index (Phi) is 6.74. The zero-order valence-corrected chi connectivity index (χ0v) is 18.6. The standard InChI is InChI=1S/C16H14BrIN2O5S/c1-19-14(22)9(15(23)20(2)16(19)26)4-8-5-10(17)13(11(18)6-8)25-7-12(21)24-3/h4-6H,7H2,1-3H3. The predicted octanol–water partition coefficient (Wildman–Crippen LogP) is 2.20. The second kappa shape index (κ2) is 8.44. The Balaban J connectivity index is 2.36. The zero-order valence-electron chi connectivity index (χ0n) is 14.0. The molecule has 1 fully saturated rings. The number of hydrogen-bond donors (Lipinski definition) is 0. The van der Waals surface area contributed by atoms with E-state index in [1.807, 2.05) is 22.6 Å². The molecule has 26 heavy (non-hydrogen) atoms. The Morgan fingerprint density at radius 2 is 1.85 bits per heavy atom. The van der Waals surface area contributed by atoms with E-state index in [1.54, 1.807) is 12.1 Å². The van der Waals surface area contributed by atoms with Crippen LogP contribution < -0.4 is 4.74 Å². The largest absolute Gasteiger partial charge is 0.480 e. The summed E-state index contributed by atoms with van der Waals surface area (Å²) < 4.78 is 11.3. The molecule has 0 unspecified atom stereocenters. The second-order valence-electron chi connectivity index (χ2n) is 5.25. The van der Waals surface area contributed by atoms with E-state index in [2.05, 4.69) is 20.7 Å². The first-order chi connectivity index (χ1) is 12.2. The van der Waals surface area contributed by atoms with Crippen LogP contribution in [0.5, 0.6) is 5.75 Å². The van der Waals surface area contributed by atoms with Gasteiger partial charge in [-0.05, 0) is 74.5 Å². The van der Waals surface area contributed by atoms with Crippen LogP contribution in [0.2, 0.25) is 0 Å². The molecule has 2 rings (SSSR count). The second-order valence-corrected chi connectivity index (χ2v) is 7.63. The number of amides is 2. The maximum atomic E-state index is 12.4. The van der Waals surface area contributed by atoms with Crippen LogP contribution in [0, 0.1) is 3.57 Å². The number of nitrogens with zero attached hydrogens (tertiary/aromatic N) is 2. The molecule has 7 nitrogen and oxygen atoms in total. The average Bonchev–Trinajstić information content (AvgIpc) is 2.61. The van der Waals surface area contributed by atoms with Crippen molar-refractivity contribution in [3.05, 3.63) is 31.3 Å². The zero-order chi connectivity index (χ0) is 19.6. The highest BCUT2D eigenvalue weighted by Crippen LogP contribution is 2.33. The summed E-state index contributed by atoms with van der Waals surface area (Å²) in [6, 6.07) is 3.42. The lowest BCUT2D eigenvalue weighted by molar-refractivity contribution is -0.143. The SMILES string of the molecule is COC(=O)COc1c(Br)cc(C=C2C(=O)N(C)C(=S)N(C)C2=O)cc1I. The first kappa shape index (κ1) is 20.8. The van der Waals surface area contributed by atoms with Crippen molar-refractivity contribution in [2.24, 2.45) is 0 Å². The van der Waals surface area contributed by atoms with Crippen LogP contribution in [0.4, 0.5) is 0 Å². The van der Waals surface area contributed by atoms with E-state index in [4.69, 9.17) is 17.0 Å². The van der Waals surface area contributed by atoms with E-state index in [9.17, 15) is 14.4 Å². The molecule has 0 aromatic heterocycles. The van der Waals surface area contributed by atoms with Gasteiger partial charge in [-0.1, -0.05) is 0 Å². The van der Waals surface area contributed by atoms with E-state index in [0.29, 0.717) is 19.4 Å². The molecular formula is C16H14BrIN2O5S. The smallest absolute Gasteiger partial charge is 0.343 e. The number of esters is 1. The molecule has 1 aliphatic heterocycles. The number of ether oxygens (including phenoxy) is 2. The van der Waals surface area contributed by atoms with Crippen LogP contribution in [0.1, 0.15) is 5.56 Å². The van der Waals surface area contributed by atoms with Gasteiger partial charge in [-0.3, -0.25) is 19.4 Å². The van der Waals surface area contributed by atoms with Gasteiger partial charge < -0.3 is 9.47 Å². The van der Waals surface area contributed by atoms with Gasteiger partial charge in [-0.25, -0.2) is 4.79 Å². The van der Waals surface area contributed by atoms with Crippen LogP contribution in [0.15, 0.2) is 22.2 Å². The Morgan fingerprint density at radius 1 is 1.27 bits per heavy atom. The molecule has 0 bridgehead atoms. The number of halogens is 2. The summed E-state index contributed by atoms with van der Waals surface area (Å²) in [6.45, 7) is -0.227. The number of carbonyl (C=O) groups excluding carboxylic acids is 3. The third kappa shape index (κ3) is 4.23. The van der Waals surface area contributed by atoms with Crippen molar-refractivity contribution in [1.29, 1.82) is 0 Å². The minimum atomic E-state index is -0.501. The van der Waals surface area contributed by atoms with Gasteiger partial charge in [-0.15, -0.1) is 0 Å². The van der Waals surface area contributed by atoms with Crippen molar-refractivity contribution in [3.8, 4) is 5.75 Å². The Labute approximate surface area is 177 Å². The van der Waals surface area contributed by atoms with Crippen molar-refractivity contribution in [2.45, 2.75) is 0 Å². The van der Waals surface area contributed by atoms with Crippen LogP contribution in [-0.2, 0) is 19.1 Å². The maximum absolute atomic E-state index is 12.4. The summed E-state index contributed by atoms with van der Waals surface area (Å²) in [4.78, 5) is 38.5. The predicted molar refractivity (Wildman–Crippen MR) is 110 cm³/mol. The molecular weight excluding hydrogens is 539 g/mol. The van der Waals surface area contributed by atoms with Gasteiger partial charge in [0.2, 0.25) is 0 Å². The molecule has 10 heteroatoms. The molecule has 1 heterocycles. The summed E-state index contributed by atoms with van der Waals surface area (Å²) >= 11 is 10.5. The molecule has 0 N–H and O–H groups in total. The van der Waals surface area contributed by atoms with Crippen LogP contribution in [0.25, 0.3) is 6.08 Å². The third-order valence-electron chi connectivity index (χ3n) is 3.54. The van der Waals surface area contributed by atoms with Gasteiger partial charge >= 0.3 is 5.97 Å². The van der Waals surface area contributed by atoms with Crippen molar-refractivity contribution >= 4 is 79.7 Å². The van der Waals surface area contributed by atoms with Gasteiger partial charge in [0.15, 0.2) is 11.7 Å². The lowest BCUT2D eigenvalue weighted by Gasteiger charge is -2.31. The number of rotatable bonds is 4. The highest BCUT2D eigenvalue weighted by molar-refractivity contribution is 14.1. The van der Waals surface area contributed by atoms with E-state index in [0.717, 1.165) is 0 Å². The van der Waals surface area contributed by atoms with Gasteiger partial charge in [0.05, 0.1) is 15.2 Å². The lowest BCUT2D eigenvalue weighted by Crippen LogP contribution is -2.52. The van der Waals surface area contributed by atoms with E-state index in [-0.39, 0.29) is 17.3 Å². The molecule has 0 radical (unpaired) electrons. The molecule has 1 aliphatic rings. The fourth-order valence-corrected chi connectivity index (χ4v) is 4.07. The van der Waals surface area contributed by atoms with Gasteiger partial charge in [0.25, 0.3) is 11.8 Å². The van der Waals surface area contributed by atoms with E-state index < -0.39 is 17.8 Å². The topological polar surface area (TPSA) is 76.2 Å². The summed E-state index contributed by atoms with van der Waals surface area (Å²) in [6.07, 6.45) is 1.50. The number of carbonyl (C=O) groups is 3. The summed E-state index contributed by atoms with van der Waals surface area (Å²) in [5.74, 6) is -0.959. The highest BCUT2D eigenvalue weighted by atomic mass is 127. The van der Waals surface area contributed by atoms with Crippen LogP contribution in [0.3, 0.4) is 0 Å². The molecule has 1 aromatic rings. The minimum absolute atomic E-state index is 0.00882. The Morgan fingerprint density at radius 3 is 2.35 bits per heavy atom. The molecule has 0 saturated carbocycles. The van der Waals surface area contributed by atoms with Gasteiger partial charge in [0.1, 0.15) is 11.3 Å². The highest BCUT2D eigenvalue weighted by Gasteiger charge is 2.35. The summed E-state index contributed by atoms with van der Waals surface area (Å²) in [5.41, 5.74) is 0.632. The molecule has 1 aromatic carbocycles. The quantitative estimate of drug-likeness (QED) is 0.187. The molecule has 2 amide bonds. The maximum Gasteiger partial charge on any atom is 0.343 e. The third-order valence-corrected chi connectivity index (χ3v) is 5.48. The summed E-state index contributed by atoms with van der Waals surface area (Å²) in [5, 5.41) is 0.152. The molecule has 138 valence electrons. The fourth-order valence-electron chi connectivity index (χ4n) is 2.13. The minimum Gasteiger partial charge on any atom is -0.480 e. The fraction of sp³-hybridized carbons (Fsp3) is 0.250. The molecule has 1 saturated heterocycles. The number of benzene rings is 1. The van der Waals surface area contributed by atoms with E-state index in [1.165, 1.54) is 37.1 Å². The molecule has 0 spiro atoms. The molecule has 0 atom stereocenters. The number of methoxy groups -OCH3 is 1. The summed E-state index contributed by atoms with van der Waals surface area (Å²) in [7, 11) is 4.31. The number of likely N-dealkylation sites (N-methyl/N-ethyl adjacent to an activating group) is 2. The normalized spacial score (nSPS) is 14.7. The Hall–Kier alpha value is -1.53. The van der Waals surface area contributed by atoms with Gasteiger partial charge in [-0.2, -0.15) is 0 Å². The number of hydrogen-bond acceptors (Lipinski definition) is 6. The molecule has 0 aliphatic carbocycles. The Bertz CT molecular complexity index is 793. The van der Waals surface area contributed by atoms with Crippen LogP contribution in [-0.4, -0.2) is 60.5 Å². The first-order valence-corrected chi connectivity index (χ1v) is 9.45. The van der Waals surface area contributed by atoms with E-state index >= 15 is 0 Å². The monoisotopic (exact) mass is 552 g/mol. The first-order valence-electron chi connectivity index (χ1n) is 7.17. The van der Waals surface area contributed by atoms with Crippen molar-refractivity contribution < 1.29 is 23.9 Å². The van der Waals surface area contributed by atoms with Gasteiger partial charge in [0, 0.05) is 14.1 Å². The number of thiocarbonyl (C=S) groups is 1. The van der Waals surface area contributed by atoms with Crippen molar-refractivity contribution in [2.75, 3.05) is 27.8 Å². The van der Waals surface area contributed by atoms with Crippen molar-refractivity contribution in [3.63, 3.8) is 0 Å². The van der Waals surface area contributed by atoms with Crippen LogP contribution >= 0.6 is 50.7 Å².